The van der Waals surface area contributed by atoms with Gasteiger partial charge in [0.25, 0.3) is 5.56 Å². The van der Waals surface area contributed by atoms with Gasteiger partial charge in [0.15, 0.2) is 0 Å². The number of hydrogen-bond acceptors (Lipinski definition) is 3. The van der Waals surface area contributed by atoms with E-state index in [1.807, 2.05) is 63.2 Å². The Labute approximate surface area is 152 Å². The Morgan fingerprint density at radius 1 is 1.12 bits per heavy atom. The molecule has 1 N–H and O–H groups in total. The summed E-state index contributed by atoms with van der Waals surface area (Å²) >= 11 is 0. The van der Waals surface area contributed by atoms with Gasteiger partial charge in [0, 0.05) is 0 Å². The van der Waals surface area contributed by atoms with Crippen LogP contribution in [0.1, 0.15) is 35.3 Å². The highest BCUT2D eigenvalue weighted by Crippen LogP contribution is 2.17. The van der Waals surface area contributed by atoms with Crippen LogP contribution in [0.25, 0.3) is 11.0 Å². The van der Waals surface area contributed by atoms with Crippen LogP contribution in [0, 0.1) is 20.8 Å². The zero-order valence-electron chi connectivity index (χ0n) is 15.5. The molecule has 2 aromatic carbocycles. The van der Waals surface area contributed by atoms with Crippen molar-refractivity contribution in [2.24, 2.45) is 0 Å². The van der Waals surface area contributed by atoms with Gasteiger partial charge in [0.1, 0.15) is 12.2 Å². The van der Waals surface area contributed by atoms with E-state index in [2.05, 4.69) is 10.3 Å². The number of hydrogen-bond donors (Lipinski definition) is 1. The molecule has 5 heteroatoms. The third kappa shape index (κ3) is 3.52. The lowest BCUT2D eigenvalue weighted by molar-refractivity contribution is -0.122. The van der Waals surface area contributed by atoms with Gasteiger partial charge < -0.3 is 5.32 Å². The summed E-state index contributed by atoms with van der Waals surface area (Å²) in [5, 5.41) is 2.96. The molecule has 0 aliphatic carbocycles. The molecule has 0 radical (unpaired) electrons. The largest absolute Gasteiger partial charge is 0.348 e. The lowest BCUT2D eigenvalue weighted by Gasteiger charge is -2.16. The maximum Gasteiger partial charge on any atom is 0.272 e. The normalized spacial score (nSPS) is 12.2. The van der Waals surface area contributed by atoms with Crippen molar-refractivity contribution < 1.29 is 4.79 Å². The number of aryl methyl sites for hydroxylation is 3. The predicted octanol–water partition coefficient (Wildman–Crippen LogP) is 3.20. The molecule has 3 rings (SSSR count). The Bertz CT molecular complexity index is 1020. The fourth-order valence-corrected chi connectivity index (χ4v) is 3.04. The van der Waals surface area contributed by atoms with Crippen molar-refractivity contribution in [3.63, 3.8) is 0 Å². The summed E-state index contributed by atoms with van der Waals surface area (Å²) < 4.78 is 1.51. The highest BCUT2D eigenvalue weighted by atomic mass is 16.2. The van der Waals surface area contributed by atoms with Crippen LogP contribution in [-0.2, 0) is 11.3 Å². The maximum atomic E-state index is 12.6. The minimum absolute atomic E-state index is 0.0294. The second-order valence-corrected chi connectivity index (χ2v) is 6.71. The molecule has 1 atom stereocenters. The topological polar surface area (TPSA) is 64.0 Å². The first-order chi connectivity index (χ1) is 12.4. The average molecular weight is 349 g/mol. The van der Waals surface area contributed by atoms with Crippen LogP contribution >= 0.6 is 0 Å². The van der Waals surface area contributed by atoms with Crippen LogP contribution < -0.4 is 10.9 Å². The standard InChI is InChI=1S/C21H23N3O2/c1-13-10-18-19(11-14(13)2)24(21(26)16(4)22-18)12-20(25)23-15(3)17-8-6-5-7-9-17/h5-11,15H,12H2,1-4H3,(H,23,25). The fraction of sp³-hybridized carbons (Fsp3) is 0.286. The Kier molecular flexibility index (Phi) is 4.89. The predicted molar refractivity (Wildman–Crippen MR) is 103 cm³/mol. The Morgan fingerprint density at radius 2 is 1.77 bits per heavy atom. The monoisotopic (exact) mass is 349 g/mol. The van der Waals surface area contributed by atoms with Crippen LogP contribution in [0.3, 0.4) is 0 Å². The van der Waals surface area contributed by atoms with Crippen LogP contribution in [0.2, 0.25) is 0 Å². The number of aromatic nitrogens is 2. The van der Waals surface area contributed by atoms with Crippen molar-refractivity contribution in [3.05, 3.63) is 75.2 Å². The molecule has 134 valence electrons. The van der Waals surface area contributed by atoms with Gasteiger partial charge >= 0.3 is 0 Å². The van der Waals surface area contributed by atoms with Crippen LogP contribution in [0.5, 0.6) is 0 Å². The molecule has 5 nitrogen and oxygen atoms in total. The summed E-state index contributed by atoms with van der Waals surface area (Å²) in [7, 11) is 0. The molecule has 26 heavy (non-hydrogen) atoms. The van der Waals surface area contributed by atoms with E-state index in [0.717, 1.165) is 22.2 Å². The van der Waals surface area contributed by atoms with Gasteiger partial charge in [-0.15, -0.1) is 0 Å². The number of nitrogens with zero attached hydrogens (tertiary/aromatic N) is 2. The summed E-state index contributed by atoms with van der Waals surface area (Å²) in [5.41, 5.74) is 4.77. The summed E-state index contributed by atoms with van der Waals surface area (Å²) in [6, 6.07) is 13.5. The number of rotatable bonds is 4. The van der Waals surface area contributed by atoms with E-state index in [0.29, 0.717) is 11.2 Å². The minimum atomic E-state index is -0.233. The van der Waals surface area contributed by atoms with Gasteiger partial charge in [-0.1, -0.05) is 30.3 Å². The number of carbonyl (C=O) groups is 1. The summed E-state index contributed by atoms with van der Waals surface area (Å²) in [6.45, 7) is 7.58. The summed E-state index contributed by atoms with van der Waals surface area (Å²) in [5.74, 6) is -0.200. The Balaban J connectivity index is 1.93. The van der Waals surface area contributed by atoms with Crippen molar-refractivity contribution in [3.8, 4) is 0 Å². The van der Waals surface area contributed by atoms with Crippen molar-refractivity contribution in [1.29, 1.82) is 0 Å². The molecule has 0 aliphatic heterocycles. The van der Waals surface area contributed by atoms with Gasteiger partial charge in [-0.25, -0.2) is 4.98 Å². The van der Waals surface area contributed by atoms with E-state index in [1.165, 1.54) is 4.57 Å². The quantitative estimate of drug-likeness (QED) is 0.787. The number of amides is 1. The van der Waals surface area contributed by atoms with Crippen molar-refractivity contribution in [2.45, 2.75) is 40.3 Å². The summed E-state index contributed by atoms with van der Waals surface area (Å²) in [4.78, 5) is 29.5. The zero-order valence-corrected chi connectivity index (χ0v) is 15.5. The second-order valence-electron chi connectivity index (χ2n) is 6.71. The SMILES string of the molecule is Cc1cc2nc(C)c(=O)n(CC(=O)NC(C)c3ccccc3)c2cc1C. The van der Waals surface area contributed by atoms with Crippen LogP contribution in [0.15, 0.2) is 47.3 Å². The first-order valence-electron chi connectivity index (χ1n) is 8.69. The minimum Gasteiger partial charge on any atom is -0.348 e. The number of nitrogens with one attached hydrogen (secondary N) is 1. The molecule has 1 aromatic heterocycles. The Morgan fingerprint density at radius 3 is 2.46 bits per heavy atom. The highest BCUT2D eigenvalue weighted by molar-refractivity contribution is 5.81. The molecular weight excluding hydrogens is 326 g/mol. The second kappa shape index (κ2) is 7.12. The third-order valence-corrected chi connectivity index (χ3v) is 4.70. The molecule has 1 unspecified atom stereocenters. The maximum absolute atomic E-state index is 12.6. The third-order valence-electron chi connectivity index (χ3n) is 4.70. The van der Waals surface area contributed by atoms with E-state index in [9.17, 15) is 9.59 Å². The smallest absolute Gasteiger partial charge is 0.272 e. The zero-order chi connectivity index (χ0) is 18.8. The van der Waals surface area contributed by atoms with Crippen molar-refractivity contribution in [2.75, 3.05) is 0 Å². The number of fused-ring (bicyclic) bond motifs is 1. The molecule has 0 fully saturated rings. The fourth-order valence-electron chi connectivity index (χ4n) is 3.04. The van der Waals surface area contributed by atoms with Gasteiger partial charge in [0.2, 0.25) is 5.91 Å². The molecule has 3 aromatic rings. The average Bonchev–Trinajstić information content (AvgIpc) is 2.61. The lowest BCUT2D eigenvalue weighted by Crippen LogP contribution is -2.35. The summed E-state index contributed by atoms with van der Waals surface area (Å²) in [6.07, 6.45) is 0. The Hall–Kier alpha value is -2.95. The van der Waals surface area contributed by atoms with Gasteiger partial charge in [-0.05, 0) is 56.5 Å². The van der Waals surface area contributed by atoms with Crippen molar-refractivity contribution >= 4 is 16.9 Å². The molecule has 0 spiro atoms. The molecular formula is C21H23N3O2. The molecule has 0 bridgehead atoms. The van der Waals surface area contributed by atoms with E-state index in [1.54, 1.807) is 6.92 Å². The first-order valence-corrected chi connectivity index (χ1v) is 8.69. The van der Waals surface area contributed by atoms with Crippen molar-refractivity contribution in [1.82, 2.24) is 14.9 Å². The van der Waals surface area contributed by atoms with Gasteiger partial charge in [-0.3, -0.25) is 14.2 Å². The highest BCUT2D eigenvalue weighted by Gasteiger charge is 2.15. The van der Waals surface area contributed by atoms with E-state index < -0.39 is 0 Å². The van der Waals surface area contributed by atoms with E-state index >= 15 is 0 Å². The lowest BCUT2D eigenvalue weighted by atomic mass is 10.1. The number of benzene rings is 2. The van der Waals surface area contributed by atoms with E-state index in [-0.39, 0.29) is 24.1 Å². The van der Waals surface area contributed by atoms with Crippen LogP contribution in [-0.4, -0.2) is 15.5 Å². The molecule has 0 saturated carbocycles. The molecule has 1 amide bonds. The van der Waals surface area contributed by atoms with Gasteiger partial charge in [-0.2, -0.15) is 0 Å². The molecule has 0 saturated heterocycles. The van der Waals surface area contributed by atoms with E-state index in [4.69, 9.17) is 0 Å². The number of carbonyl (C=O) groups excluding carboxylic acids is 1. The van der Waals surface area contributed by atoms with Gasteiger partial charge in [0.05, 0.1) is 17.1 Å². The molecule has 0 aliphatic rings. The first kappa shape index (κ1) is 17.9. The molecule has 1 heterocycles. The van der Waals surface area contributed by atoms with Crippen LogP contribution in [0.4, 0.5) is 0 Å².